The Bertz CT molecular complexity index is 1020. The lowest BCUT2D eigenvalue weighted by Gasteiger charge is -2.41. The van der Waals surface area contributed by atoms with Gasteiger partial charge in [-0.3, -0.25) is 9.88 Å². The number of hydrogen-bond acceptors (Lipinski definition) is 6. The summed E-state index contributed by atoms with van der Waals surface area (Å²) in [4.78, 5) is 10.6. The lowest BCUT2D eigenvalue weighted by Crippen LogP contribution is -2.48. The van der Waals surface area contributed by atoms with Crippen molar-refractivity contribution in [1.82, 2.24) is 9.88 Å². The predicted molar refractivity (Wildman–Crippen MR) is 130 cm³/mol. The molecule has 0 radical (unpaired) electrons. The molecule has 3 heterocycles. The normalized spacial score (nSPS) is 18.1. The van der Waals surface area contributed by atoms with Crippen LogP contribution in [0.3, 0.4) is 0 Å². The van der Waals surface area contributed by atoms with Crippen molar-refractivity contribution in [2.75, 3.05) is 31.1 Å². The number of rotatable bonds is 6. The summed E-state index contributed by atoms with van der Waals surface area (Å²) in [5.41, 5.74) is 4.24. The van der Waals surface area contributed by atoms with E-state index in [0.717, 1.165) is 63.5 Å². The molecule has 1 fully saturated rings. The van der Waals surface area contributed by atoms with Crippen LogP contribution in [0.15, 0.2) is 60.2 Å². The van der Waals surface area contributed by atoms with Gasteiger partial charge in [-0.2, -0.15) is 0 Å². The van der Waals surface area contributed by atoms with Crippen LogP contribution in [-0.4, -0.2) is 41.7 Å². The number of benzene rings is 2. The van der Waals surface area contributed by atoms with E-state index in [1.54, 1.807) is 11.3 Å². The fourth-order valence-electron chi connectivity index (χ4n) is 4.86. The van der Waals surface area contributed by atoms with Crippen LogP contribution < -0.4 is 14.4 Å². The van der Waals surface area contributed by atoms with Gasteiger partial charge in [0, 0.05) is 55.8 Å². The third-order valence-electron chi connectivity index (χ3n) is 6.63. The molecule has 5 rings (SSSR count). The molecule has 1 spiro atoms. The van der Waals surface area contributed by atoms with Crippen molar-refractivity contribution in [3.63, 3.8) is 0 Å². The number of thiazole rings is 1. The van der Waals surface area contributed by atoms with Crippen LogP contribution in [0.5, 0.6) is 11.5 Å². The van der Waals surface area contributed by atoms with Crippen molar-refractivity contribution < 1.29 is 9.47 Å². The summed E-state index contributed by atoms with van der Waals surface area (Å²) in [6.07, 6.45) is 5.14. The van der Waals surface area contributed by atoms with E-state index in [0.29, 0.717) is 6.61 Å². The summed E-state index contributed by atoms with van der Waals surface area (Å²) in [6, 6.07) is 16.9. The Balaban J connectivity index is 1.33. The Labute approximate surface area is 194 Å². The second kappa shape index (κ2) is 9.51. The van der Waals surface area contributed by atoms with Crippen LogP contribution in [0.25, 0.3) is 0 Å². The van der Waals surface area contributed by atoms with Gasteiger partial charge in [0.1, 0.15) is 17.1 Å². The van der Waals surface area contributed by atoms with E-state index in [2.05, 4.69) is 57.2 Å². The van der Waals surface area contributed by atoms with E-state index in [-0.39, 0.29) is 5.60 Å². The van der Waals surface area contributed by atoms with Gasteiger partial charge in [-0.15, -0.1) is 11.3 Å². The van der Waals surface area contributed by atoms with E-state index >= 15 is 0 Å². The fraction of sp³-hybridized carbons (Fsp3) is 0.423. The van der Waals surface area contributed by atoms with Crippen LogP contribution in [0, 0.1) is 0 Å². The number of fused-ring (bicyclic) bond motifs is 1. The summed E-state index contributed by atoms with van der Waals surface area (Å²) in [5.74, 6) is 1.98. The highest BCUT2D eigenvalue weighted by molar-refractivity contribution is 7.09. The molecule has 0 amide bonds. The van der Waals surface area contributed by atoms with Gasteiger partial charge in [0.05, 0.1) is 17.8 Å². The predicted octanol–water partition coefficient (Wildman–Crippen LogP) is 5.37. The van der Waals surface area contributed by atoms with E-state index in [1.165, 1.54) is 16.1 Å². The van der Waals surface area contributed by atoms with Gasteiger partial charge in [-0.25, -0.2) is 0 Å². The summed E-state index contributed by atoms with van der Waals surface area (Å²) in [7, 11) is 0. The number of likely N-dealkylation sites (tertiary alicyclic amines) is 1. The molecule has 168 valence electrons. The molecule has 0 bridgehead atoms. The summed E-state index contributed by atoms with van der Waals surface area (Å²) in [6.45, 7) is 7.64. The van der Waals surface area contributed by atoms with Gasteiger partial charge in [0.25, 0.3) is 0 Å². The molecule has 3 aromatic rings. The van der Waals surface area contributed by atoms with Gasteiger partial charge in [-0.05, 0) is 38.0 Å². The minimum atomic E-state index is -0.0888. The largest absolute Gasteiger partial charge is 0.494 e. The summed E-state index contributed by atoms with van der Waals surface area (Å²) < 4.78 is 12.7. The molecule has 2 aliphatic rings. The van der Waals surface area contributed by atoms with Crippen LogP contribution in [0.2, 0.25) is 0 Å². The molecule has 0 unspecified atom stereocenters. The van der Waals surface area contributed by atoms with Crippen molar-refractivity contribution in [3.05, 3.63) is 70.7 Å². The van der Waals surface area contributed by atoms with Crippen LogP contribution in [0.1, 0.15) is 36.6 Å². The lowest BCUT2D eigenvalue weighted by atomic mass is 9.87. The first-order valence-corrected chi connectivity index (χ1v) is 12.5. The maximum atomic E-state index is 6.81. The van der Waals surface area contributed by atoms with Gasteiger partial charge in [-0.1, -0.05) is 30.3 Å². The first-order chi connectivity index (χ1) is 15.7. The molecule has 0 aliphatic carbocycles. The lowest BCUT2D eigenvalue weighted by molar-refractivity contribution is -0.00203. The van der Waals surface area contributed by atoms with E-state index in [9.17, 15) is 0 Å². The van der Waals surface area contributed by atoms with E-state index in [4.69, 9.17) is 9.47 Å². The number of aromatic nitrogens is 1. The Hall–Kier alpha value is -2.57. The maximum absolute atomic E-state index is 6.81. The summed E-state index contributed by atoms with van der Waals surface area (Å²) in [5, 5.41) is 0. The molecule has 1 aromatic heterocycles. The molecule has 6 heteroatoms. The zero-order valence-corrected chi connectivity index (χ0v) is 19.5. The monoisotopic (exact) mass is 449 g/mol. The first kappa shape index (κ1) is 21.3. The Morgan fingerprint density at radius 3 is 2.59 bits per heavy atom. The van der Waals surface area contributed by atoms with Gasteiger partial charge < -0.3 is 14.4 Å². The van der Waals surface area contributed by atoms with Gasteiger partial charge in [0.15, 0.2) is 0 Å². The van der Waals surface area contributed by atoms with Crippen LogP contribution in [-0.2, 0) is 13.1 Å². The minimum absolute atomic E-state index is 0.0888. The van der Waals surface area contributed by atoms with Crippen molar-refractivity contribution >= 4 is 17.0 Å². The molecule has 2 aromatic carbocycles. The number of piperidine rings is 1. The number of para-hydroxylation sites is 3. The van der Waals surface area contributed by atoms with Crippen molar-refractivity contribution in [1.29, 1.82) is 0 Å². The highest BCUT2D eigenvalue weighted by Gasteiger charge is 2.39. The first-order valence-electron chi connectivity index (χ1n) is 11.6. The number of anilines is 1. The Morgan fingerprint density at radius 2 is 1.78 bits per heavy atom. The Kier molecular flexibility index (Phi) is 6.32. The maximum Gasteiger partial charge on any atom is 0.143 e. The average molecular weight is 450 g/mol. The third kappa shape index (κ3) is 4.62. The number of hydrogen-bond donors (Lipinski definition) is 0. The van der Waals surface area contributed by atoms with Crippen molar-refractivity contribution in [2.24, 2.45) is 0 Å². The molecular formula is C26H31N3O2S. The smallest absolute Gasteiger partial charge is 0.143 e. The van der Waals surface area contributed by atoms with Gasteiger partial charge in [0.2, 0.25) is 0 Å². The summed E-state index contributed by atoms with van der Waals surface area (Å²) >= 11 is 1.74. The average Bonchev–Trinajstić information content (AvgIpc) is 3.28. The zero-order chi connectivity index (χ0) is 21.8. The molecule has 0 saturated carbocycles. The van der Waals surface area contributed by atoms with E-state index < -0.39 is 0 Å². The third-order valence-corrected chi connectivity index (χ3v) is 7.40. The molecular weight excluding hydrogens is 418 g/mol. The van der Waals surface area contributed by atoms with Crippen LogP contribution >= 0.6 is 11.3 Å². The molecule has 0 N–H and O–H groups in total. The fourth-order valence-corrected chi connectivity index (χ4v) is 5.50. The molecule has 0 atom stereocenters. The minimum Gasteiger partial charge on any atom is -0.494 e. The second-order valence-electron chi connectivity index (χ2n) is 8.71. The topological polar surface area (TPSA) is 37.8 Å². The highest BCUT2D eigenvalue weighted by Crippen LogP contribution is 2.41. The molecule has 32 heavy (non-hydrogen) atoms. The van der Waals surface area contributed by atoms with Crippen molar-refractivity contribution in [3.8, 4) is 11.5 Å². The molecule has 2 aliphatic heterocycles. The van der Waals surface area contributed by atoms with Gasteiger partial charge >= 0.3 is 0 Å². The number of nitrogens with zero attached hydrogens (tertiary/aromatic N) is 3. The van der Waals surface area contributed by atoms with Crippen molar-refractivity contribution in [2.45, 2.75) is 44.9 Å². The molecule has 5 nitrogen and oxygen atoms in total. The highest BCUT2D eigenvalue weighted by atomic mass is 32.1. The molecule has 1 saturated heterocycles. The quantitative estimate of drug-likeness (QED) is 0.506. The SMILES string of the molecule is CCOc1ccccc1CN1CCC2(CCN(Cc3cncs3)CC2)Oc2ccccc21. The Morgan fingerprint density at radius 1 is 1.00 bits per heavy atom. The second-order valence-corrected chi connectivity index (χ2v) is 9.68. The standard InChI is InChI=1S/C26H31N3O2S/c1-2-30-24-9-5-3-7-21(24)18-29-16-13-26(31-25-10-6-4-8-23(25)29)11-14-28(15-12-26)19-22-17-27-20-32-22/h3-10,17,20H,2,11-16,18-19H2,1H3. The zero-order valence-electron chi connectivity index (χ0n) is 18.7. The van der Waals surface area contributed by atoms with E-state index in [1.807, 2.05) is 24.7 Å². The van der Waals surface area contributed by atoms with Crippen LogP contribution in [0.4, 0.5) is 5.69 Å². The number of ether oxygens (including phenoxy) is 2.